The summed E-state index contributed by atoms with van der Waals surface area (Å²) in [6.45, 7) is 8.85. The third-order valence-electron chi connectivity index (χ3n) is 7.12. The Labute approximate surface area is 201 Å². The van der Waals surface area contributed by atoms with Gasteiger partial charge >= 0.3 is 0 Å². The highest BCUT2D eigenvalue weighted by molar-refractivity contribution is 7.89. The summed E-state index contributed by atoms with van der Waals surface area (Å²) < 4.78 is 28.6. The molecule has 5 rings (SSSR count). The van der Waals surface area contributed by atoms with Crippen LogP contribution in [-0.4, -0.2) is 51.4 Å². The quantitative estimate of drug-likeness (QED) is 0.648. The molecule has 6 nitrogen and oxygen atoms in total. The number of halogens is 1. The number of carbonyl (C=O) groups is 1. The topological polar surface area (TPSA) is 60.9 Å². The van der Waals surface area contributed by atoms with Crippen LogP contribution in [0.1, 0.15) is 37.8 Å². The maximum atomic E-state index is 13.5. The molecule has 3 aliphatic rings. The number of aryl methyl sites for hydroxylation is 1. The number of hydrogen-bond donors (Lipinski definition) is 0. The van der Waals surface area contributed by atoms with E-state index in [1.54, 1.807) is 16.4 Å². The van der Waals surface area contributed by atoms with Gasteiger partial charge in [0.15, 0.2) is 0 Å². The Balaban J connectivity index is 1.37. The Morgan fingerprint density at radius 3 is 2.36 bits per heavy atom. The van der Waals surface area contributed by atoms with Gasteiger partial charge in [-0.2, -0.15) is 4.31 Å². The second-order valence-electron chi connectivity index (χ2n) is 10.1. The van der Waals surface area contributed by atoms with Crippen LogP contribution in [0.15, 0.2) is 41.3 Å². The van der Waals surface area contributed by atoms with Crippen LogP contribution in [0.4, 0.5) is 11.4 Å². The summed E-state index contributed by atoms with van der Waals surface area (Å²) in [6.07, 6.45) is 1.91. The lowest BCUT2D eigenvalue weighted by Crippen LogP contribution is -2.48. The van der Waals surface area contributed by atoms with Crippen molar-refractivity contribution in [3.8, 4) is 0 Å². The van der Waals surface area contributed by atoms with Gasteiger partial charge in [-0.05, 0) is 61.2 Å². The van der Waals surface area contributed by atoms with Crippen LogP contribution >= 0.6 is 11.6 Å². The molecular formula is C25H30ClN3O3S. The van der Waals surface area contributed by atoms with Crippen molar-refractivity contribution in [1.82, 2.24) is 4.31 Å². The van der Waals surface area contributed by atoms with Gasteiger partial charge in [0.2, 0.25) is 15.9 Å². The summed E-state index contributed by atoms with van der Waals surface area (Å²) in [6, 6.07) is 11.1. The largest absolute Gasteiger partial charge is 0.369 e. The molecule has 2 aliphatic heterocycles. The fraction of sp³-hybridized carbons (Fsp3) is 0.480. The lowest BCUT2D eigenvalue weighted by Gasteiger charge is -2.36. The molecule has 33 heavy (non-hydrogen) atoms. The molecule has 2 heterocycles. The highest BCUT2D eigenvalue weighted by Gasteiger charge is 2.43. The molecule has 1 amide bonds. The molecule has 0 aromatic heterocycles. The minimum Gasteiger partial charge on any atom is -0.369 e. The van der Waals surface area contributed by atoms with Crippen LogP contribution in [0.5, 0.6) is 0 Å². The fourth-order valence-corrected chi connectivity index (χ4v) is 6.62. The van der Waals surface area contributed by atoms with E-state index in [1.165, 1.54) is 0 Å². The van der Waals surface area contributed by atoms with Crippen molar-refractivity contribution in [3.05, 3.63) is 52.5 Å². The van der Waals surface area contributed by atoms with E-state index in [-0.39, 0.29) is 17.2 Å². The number of hydrogen-bond acceptors (Lipinski definition) is 4. The highest BCUT2D eigenvalue weighted by Crippen LogP contribution is 2.44. The van der Waals surface area contributed by atoms with Gasteiger partial charge in [0.05, 0.1) is 4.90 Å². The van der Waals surface area contributed by atoms with Crippen molar-refractivity contribution < 1.29 is 13.2 Å². The monoisotopic (exact) mass is 487 g/mol. The molecule has 0 spiro atoms. The Morgan fingerprint density at radius 1 is 1.00 bits per heavy atom. The van der Waals surface area contributed by atoms with Gasteiger partial charge in [-0.25, -0.2) is 8.42 Å². The van der Waals surface area contributed by atoms with Gasteiger partial charge in [-0.1, -0.05) is 31.5 Å². The van der Waals surface area contributed by atoms with E-state index in [1.807, 2.05) is 36.1 Å². The molecule has 2 aromatic carbocycles. The molecule has 2 fully saturated rings. The number of sulfonamides is 1. The molecule has 0 unspecified atom stereocenters. The predicted molar refractivity (Wildman–Crippen MR) is 132 cm³/mol. The van der Waals surface area contributed by atoms with Gasteiger partial charge in [0.25, 0.3) is 0 Å². The Morgan fingerprint density at radius 2 is 1.70 bits per heavy atom. The number of nitrogens with zero attached hydrogens (tertiary/aromatic N) is 3. The van der Waals surface area contributed by atoms with E-state index in [0.717, 1.165) is 35.3 Å². The zero-order valence-electron chi connectivity index (χ0n) is 19.3. The number of piperazine rings is 1. The summed E-state index contributed by atoms with van der Waals surface area (Å²) >= 11 is 6.18. The molecule has 8 heteroatoms. The van der Waals surface area contributed by atoms with Crippen molar-refractivity contribution in [1.29, 1.82) is 0 Å². The van der Waals surface area contributed by atoms with Crippen LogP contribution < -0.4 is 9.80 Å². The second kappa shape index (κ2) is 8.00. The number of benzene rings is 2. The minimum atomic E-state index is -3.62. The first-order valence-corrected chi connectivity index (χ1v) is 13.4. The molecule has 2 aromatic rings. The van der Waals surface area contributed by atoms with Crippen LogP contribution in [0.25, 0.3) is 0 Å². The maximum absolute atomic E-state index is 13.5. The van der Waals surface area contributed by atoms with Gasteiger partial charge in [-0.3, -0.25) is 4.79 Å². The van der Waals surface area contributed by atoms with Crippen LogP contribution in [-0.2, 0) is 20.2 Å². The number of amides is 1. The fourth-order valence-electron chi connectivity index (χ4n) is 5.01. The van der Waals surface area contributed by atoms with Crippen molar-refractivity contribution in [2.45, 2.75) is 43.9 Å². The van der Waals surface area contributed by atoms with E-state index in [0.29, 0.717) is 42.6 Å². The lowest BCUT2D eigenvalue weighted by atomic mass is 9.87. The van der Waals surface area contributed by atoms with Crippen LogP contribution in [0.3, 0.4) is 0 Å². The maximum Gasteiger partial charge on any atom is 0.243 e. The average Bonchev–Trinajstić information content (AvgIpc) is 3.60. The predicted octanol–water partition coefficient (Wildman–Crippen LogP) is 4.19. The normalized spacial score (nSPS) is 20.7. The molecule has 0 N–H and O–H groups in total. The van der Waals surface area contributed by atoms with Crippen molar-refractivity contribution >= 4 is 38.9 Å². The Hall–Kier alpha value is -2.09. The van der Waals surface area contributed by atoms with Crippen LogP contribution in [0.2, 0.25) is 5.02 Å². The number of rotatable bonds is 4. The van der Waals surface area contributed by atoms with Crippen molar-refractivity contribution in [2.24, 2.45) is 5.92 Å². The van der Waals surface area contributed by atoms with E-state index in [4.69, 9.17) is 11.6 Å². The van der Waals surface area contributed by atoms with Gasteiger partial charge in [-0.15, -0.1) is 0 Å². The minimum absolute atomic E-state index is 0.134. The average molecular weight is 488 g/mol. The molecular weight excluding hydrogens is 458 g/mol. The zero-order valence-corrected chi connectivity index (χ0v) is 20.9. The van der Waals surface area contributed by atoms with Gasteiger partial charge in [0, 0.05) is 60.5 Å². The number of fused-ring (bicyclic) bond motifs is 1. The van der Waals surface area contributed by atoms with Gasteiger partial charge in [0.1, 0.15) is 0 Å². The summed E-state index contributed by atoms with van der Waals surface area (Å²) in [5.74, 6) is 0.305. The smallest absolute Gasteiger partial charge is 0.243 e. The molecule has 1 saturated heterocycles. The highest BCUT2D eigenvalue weighted by atomic mass is 35.5. The van der Waals surface area contributed by atoms with E-state index in [2.05, 4.69) is 18.7 Å². The molecule has 176 valence electrons. The Kier molecular flexibility index (Phi) is 5.50. The summed E-state index contributed by atoms with van der Waals surface area (Å²) in [5, 5.41) is 0.681. The SMILES string of the molecule is Cc1ccc(Cl)cc1N1CCN(S(=O)(=O)c2ccc3c(c2)C(C)(C)CN3C(=O)C2CC2)CC1. The standard InChI is InChI=1S/C25H30ClN3O3S/c1-17-4-7-19(26)14-23(17)27-10-12-28(13-11-27)33(31,32)20-8-9-22-21(15-20)25(2,3)16-29(22)24(30)18-5-6-18/h4,7-9,14-15,18H,5-6,10-13,16H2,1-3H3. The summed E-state index contributed by atoms with van der Waals surface area (Å²) in [7, 11) is -3.62. The second-order valence-corrected chi connectivity index (χ2v) is 12.5. The third-order valence-corrected chi connectivity index (χ3v) is 9.25. The zero-order chi connectivity index (χ0) is 23.5. The van der Waals surface area contributed by atoms with E-state index in [9.17, 15) is 13.2 Å². The Bertz CT molecular complexity index is 1220. The third kappa shape index (κ3) is 4.04. The van der Waals surface area contributed by atoms with Crippen molar-refractivity contribution in [3.63, 3.8) is 0 Å². The first kappa shape index (κ1) is 22.7. The van der Waals surface area contributed by atoms with Gasteiger partial charge < -0.3 is 9.80 Å². The van der Waals surface area contributed by atoms with Crippen LogP contribution in [0, 0.1) is 12.8 Å². The number of carbonyl (C=O) groups excluding carboxylic acids is 1. The van der Waals surface area contributed by atoms with E-state index < -0.39 is 10.0 Å². The lowest BCUT2D eigenvalue weighted by molar-refractivity contribution is -0.119. The summed E-state index contributed by atoms with van der Waals surface area (Å²) in [4.78, 5) is 17.1. The first-order valence-electron chi connectivity index (χ1n) is 11.5. The molecule has 1 aliphatic carbocycles. The first-order chi connectivity index (χ1) is 15.6. The molecule has 0 bridgehead atoms. The number of anilines is 2. The molecule has 0 atom stereocenters. The van der Waals surface area contributed by atoms with Crippen molar-refractivity contribution in [2.75, 3.05) is 42.5 Å². The van der Waals surface area contributed by atoms with E-state index >= 15 is 0 Å². The summed E-state index contributed by atoms with van der Waals surface area (Å²) in [5.41, 5.74) is 3.69. The molecule has 0 radical (unpaired) electrons. The molecule has 1 saturated carbocycles.